The zero-order valence-electron chi connectivity index (χ0n) is 10.9. The molecular weight excluding hydrogens is 226 g/mol. The van der Waals surface area contributed by atoms with Crippen LogP contribution in [0, 0.1) is 6.92 Å². The van der Waals surface area contributed by atoms with Crippen molar-refractivity contribution in [2.24, 2.45) is 0 Å². The first-order chi connectivity index (χ1) is 8.79. The van der Waals surface area contributed by atoms with Crippen LogP contribution in [0.3, 0.4) is 0 Å². The van der Waals surface area contributed by atoms with E-state index in [-0.39, 0.29) is 0 Å². The number of benzene rings is 1. The molecule has 96 valence electrons. The predicted octanol–water partition coefficient (Wildman–Crippen LogP) is 2.45. The third kappa shape index (κ3) is 3.34. The second-order valence-electron chi connectivity index (χ2n) is 4.26. The number of ether oxygens (including phenoxy) is 1. The first-order valence-electron chi connectivity index (χ1n) is 6.09. The maximum Gasteiger partial charge on any atom is 0.0729 e. The van der Waals surface area contributed by atoms with E-state index in [0.717, 1.165) is 18.8 Å². The van der Waals surface area contributed by atoms with Crippen molar-refractivity contribution in [3.8, 4) is 0 Å². The van der Waals surface area contributed by atoms with Gasteiger partial charge in [-0.15, -0.1) is 0 Å². The fourth-order valence-electron chi connectivity index (χ4n) is 1.77. The van der Waals surface area contributed by atoms with Gasteiger partial charge in [0.25, 0.3) is 0 Å². The Morgan fingerprint density at radius 1 is 1.33 bits per heavy atom. The molecule has 0 fully saturated rings. The molecule has 0 unspecified atom stereocenters. The molecule has 0 amide bonds. The monoisotopic (exact) mass is 245 g/mol. The van der Waals surface area contributed by atoms with E-state index in [1.165, 1.54) is 11.1 Å². The Kier molecular flexibility index (Phi) is 4.36. The molecule has 0 aliphatic rings. The van der Waals surface area contributed by atoms with Crippen LogP contribution in [0.2, 0.25) is 0 Å². The number of hydrogen-bond acceptors (Lipinski definition) is 3. The number of hydrogen-bond donors (Lipinski definition) is 1. The first kappa shape index (κ1) is 12.6. The van der Waals surface area contributed by atoms with Crippen molar-refractivity contribution in [3.63, 3.8) is 0 Å². The number of nitrogens with zero attached hydrogens (tertiary/aromatic N) is 2. The van der Waals surface area contributed by atoms with Crippen LogP contribution in [-0.2, 0) is 17.8 Å². The van der Waals surface area contributed by atoms with E-state index in [0.29, 0.717) is 6.61 Å². The summed E-state index contributed by atoms with van der Waals surface area (Å²) in [4.78, 5) is 0. The molecule has 4 heteroatoms. The highest BCUT2D eigenvalue weighted by Crippen LogP contribution is 2.11. The number of methoxy groups -OCH3 is 1. The third-order valence-electron chi connectivity index (χ3n) is 2.90. The maximum atomic E-state index is 5.02. The van der Waals surface area contributed by atoms with Crippen LogP contribution < -0.4 is 5.32 Å². The summed E-state index contributed by atoms with van der Waals surface area (Å²) in [5.74, 6) is 0. The average Bonchev–Trinajstić information content (AvgIpc) is 2.83. The zero-order valence-corrected chi connectivity index (χ0v) is 10.9. The van der Waals surface area contributed by atoms with Gasteiger partial charge in [0.1, 0.15) is 0 Å². The van der Waals surface area contributed by atoms with E-state index in [9.17, 15) is 0 Å². The fraction of sp³-hybridized carbons (Fsp3) is 0.357. The molecule has 1 heterocycles. The number of nitrogens with one attached hydrogen (secondary N) is 1. The van der Waals surface area contributed by atoms with Crippen molar-refractivity contribution in [2.75, 3.05) is 19.0 Å². The number of rotatable bonds is 6. The molecule has 0 aliphatic heterocycles. The predicted molar refractivity (Wildman–Crippen MR) is 72.6 cm³/mol. The number of aryl methyl sites for hydroxylation is 1. The normalized spacial score (nSPS) is 10.6. The van der Waals surface area contributed by atoms with Crippen molar-refractivity contribution >= 4 is 5.69 Å². The summed E-state index contributed by atoms with van der Waals surface area (Å²) in [5, 5.41) is 7.64. The third-order valence-corrected chi connectivity index (χ3v) is 2.90. The van der Waals surface area contributed by atoms with Crippen LogP contribution in [0.15, 0.2) is 36.7 Å². The van der Waals surface area contributed by atoms with Crippen LogP contribution >= 0.6 is 0 Å². The van der Waals surface area contributed by atoms with E-state index >= 15 is 0 Å². The molecule has 4 nitrogen and oxygen atoms in total. The topological polar surface area (TPSA) is 39.1 Å². The van der Waals surface area contributed by atoms with Gasteiger partial charge in [0.15, 0.2) is 0 Å². The molecule has 0 spiro atoms. The van der Waals surface area contributed by atoms with Gasteiger partial charge < -0.3 is 10.1 Å². The minimum Gasteiger partial charge on any atom is -0.383 e. The van der Waals surface area contributed by atoms with Crippen LogP contribution in [0.4, 0.5) is 5.69 Å². The maximum absolute atomic E-state index is 5.02. The molecule has 0 atom stereocenters. The molecule has 2 aromatic rings. The Morgan fingerprint density at radius 3 is 2.94 bits per heavy atom. The molecule has 0 radical (unpaired) electrons. The lowest BCUT2D eigenvalue weighted by Gasteiger charge is -2.06. The Balaban J connectivity index is 1.90. The van der Waals surface area contributed by atoms with Gasteiger partial charge in [-0.3, -0.25) is 4.68 Å². The summed E-state index contributed by atoms with van der Waals surface area (Å²) < 4.78 is 6.90. The Morgan fingerprint density at radius 2 is 2.17 bits per heavy atom. The standard InChI is InChI=1S/C14H19N3O/c1-12-5-3-4-6-13(12)9-15-14-10-16-17(11-14)7-8-18-2/h3-6,10-11,15H,7-9H2,1-2H3. The van der Waals surface area contributed by atoms with E-state index in [1.54, 1.807) is 7.11 Å². The Hall–Kier alpha value is -1.81. The summed E-state index contributed by atoms with van der Waals surface area (Å²) in [6.07, 6.45) is 3.84. The lowest BCUT2D eigenvalue weighted by Crippen LogP contribution is -2.04. The lowest BCUT2D eigenvalue weighted by molar-refractivity contribution is 0.183. The van der Waals surface area contributed by atoms with Gasteiger partial charge in [0.05, 0.1) is 25.0 Å². The van der Waals surface area contributed by atoms with Crippen molar-refractivity contribution in [1.82, 2.24) is 9.78 Å². The molecule has 18 heavy (non-hydrogen) atoms. The van der Waals surface area contributed by atoms with Crippen LogP contribution in [-0.4, -0.2) is 23.5 Å². The largest absolute Gasteiger partial charge is 0.383 e. The van der Waals surface area contributed by atoms with Crippen LogP contribution in [0.5, 0.6) is 0 Å². The molecule has 1 aromatic heterocycles. The highest BCUT2D eigenvalue weighted by Gasteiger charge is 2.00. The molecule has 0 aliphatic carbocycles. The summed E-state index contributed by atoms with van der Waals surface area (Å²) in [6.45, 7) is 4.41. The summed E-state index contributed by atoms with van der Waals surface area (Å²) in [7, 11) is 1.70. The van der Waals surface area contributed by atoms with E-state index < -0.39 is 0 Å². The second kappa shape index (κ2) is 6.21. The van der Waals surface area contributed by atoms with Gasteiger partial charge in [-0.1, -0.05) is 24.3 Å². The van der Waals surface area contributed by atoms with E-state index in [2.05, 4.69) is 41.6 Å². The molecule has 0 saturated carbocycles. The fourth-order valence-corrected chi connectivity index (χ4v) is 1.77. The lowest BCUT2D eigenvalue weighted by atomic mass is 10.1. The van der Waals surface area contributed by atoms with E-state index in [1.807, 2.05) is 17.1 Å². The zero-order chi connectivity index (χ0) is 12.8. The van der Waals surface area contributed by atoms with Gasteiger partial charge in [-0.25, -0.2) is 0 Å². The smallest absolute Gasteiger partial charge is 0.0729 e. The van der Waals surface area contributed by atoms with E-state index in [4.69, 9.17) is 4.74 Å². The van der Waals surface area contributed by atoms with Crippen molar-refractivity contribution in [2.45, 2.75) is 20.0 Å². The molecule has 0 saturated heterocycles. The van der Waals surface area contributed by atoms with Gasteiger partial charge in [-0.05, 0) is 18.1 Å². The SMILES string of the molecule is COCCn1cc(NCc2ccccc2C)cn1. The minimum absolute atomic E-state index is 0.679. The Bertz CT molecular complexity index is 493. The van der Waals surface area contributed by atoms with Gasteiger partial charge in [0, 0.05) is 19.9 Å². The summed E-state index contributed by atoms with van der Waals surface area (Å²) in [6, 6.07) is 8.38. The highest BCUT2D eigenvalue weighted by molar-refractivity contribution is 5.40. The number of aromatic nitrogens is 2. The minimum atomic E-state index is 0.679. The summed E-state index contributed by atoms with van der Waals surface area (Å²) >= 11 is 0. The first-order valence-corrected chi connectivity index (χ1v) is 6.09. The molecule has 1 N–H and O–H groups in total. The van der Waals surface area contributed by atoms with Crippen molar-refractivity contribution in [3.05, 3.63) is 47.8 Å². The van der Waals surface area contributed by atoms with Crippen LogP contribution in [0.25, 0.3) is 0 Å². The summed E-state index contributed by atoms with van der Waals surface area (Å²) in [5.41, 5.74) is 3.65. The highest BCUT2D eigenvalue weighted by atomic mass is 16.5. The Labute approximate surface area is 108 Å². The molecule has 0 bridgehead atoms. The van der Waals surface area contributed by atoms with Gasteiger partial charge >= 0.3 is 0 Å². The number of anilines is 1. The quantitative estimate of drug-likeness (QED) is 0.849. The van der Waals surface area contributed by atoms with Gasteiger partial charge in [0.2, 0.25) is 0 Å². The molecule has 1 aromatic carbocycles. The van der Waals surface area contributed by atoms with Crippen molar-refractivity contribution in [1.29, 1.82) is 0 Å². The molecule has 2 rings (SSSR count). The molecular formula is C14H19N3O. The average molecular weight is 245 g/mol. The van der Waals surface area contributed by atoms with Crippen molar-refractivity contribution < 1.29 is 4.74 Å². The van der Waals surface area contributed by atoms with Gasteiger partial charge in [-0.2, -0.15) is 5.10 Å². The van der Waals surface area contributed by atoms with Crippen LogP contribution in [0.1, 0.15) is 11.1 Å². The second-order valence-corrected chi connectivity index (χ2v) is 4.26.